The molecule has 18 heavy (non-hydrogen) atoms. The first-order valence-corrected chi connectivity index (χ1v) is 7.43. The first kappa shape index (κ1) is 13.4. The molecule has 0 unspecified atom stereocenters. The van der Waals surface area contributed by atoms with Gasteiger partial charge in [-0.15, -0.1) is 11.3 Å². The molecule has 0 aliphatic carbocycles. The third-order valence-electron chi connectivity index (χ3n) is 3.56. The highest BCUT2D eigenvalue weighted by atomic mass is 32.1. The number of hydrogen-bond acceptors (Lipinski definition) is 2. The summed E-state index contributed by atoms with van der Waals surface area (Å²) in [5.74, 6) is 0. The molecule has 0 fully saturated rings. The Hall–Kier alpha value is -1.06. The van der Waals surface area contributed by atoms with Gasteiger partial charge < -0.3 is 9.88 Å². The van der Waals surface area contributed by atoms with Crippen molar-refractivity contribution in [2.24, 2.45) is 0 Å². The highest BCUT2D eigenvalue weighted by Gasteiger charge is 2.10. The van der Waals surface area contributed by atoms with Crippen molar-refractivity contribution < 1.29 is 0 Å². The molecule has 2 heterocycles. The Kier molecular flexibility index (Phi) is 4.25. The third-order valence-corrected chi connectivity index (χ3v) is 4.62. The summed E-state index contributed by atoms with van der Waals surface area (Å²) in [6.45, 7) is 10.8. The molecule has 0 saturated heterocycles. The summed E-state index contributed by atoms with van der Waals surface area (Å²) in [7, 11) is 0. The van der Waals surface area contributed by atoms with Crippen molar-refractivity contribution >= 4 is 11.3 Å². The largest absolute Gasteiger partial charge is 0.349 e. The van der Waals surface area contributed by atoms with Gasteiger partial charge in [-0.05, 0) is 50.8 Å². The van der Waals surface area contributed by atoms with Crippen LogP contribution in [0.1, 0.15) is 41.7 Å². The van der Waals surface area contributed by atoms with Crippen molar-refractivity contribution in [1.29, 1.82) is 0 Å². The highest BCUT2D eigenvalue weighted by molar-refractivity contribution is 7.10. The van der Waals surface area contributed by atoms with E-state index in [0.717, 1.165) is 13.1 Å². The summed E-state index contributed by atoms with van der Waals surface area (Å²) in [6.07, 6.45) is 0. The maximum absolute atomic E-state index is 3.60. The summed E-state index contributed by atoms with van der Waals surface area (Å²) in [5, 5.41) is 5.74. The van der Waals surface area contributed by atoms with E-state index < -0.39 is 0 Å². The fraction of sp³-hybridized carbons (Fsp3) is 0.467. The van der Waals surface area contributed by atoms with Gasteiger partial charge in [-0.1, -0.05) is 6.07 Å². The molecule has 0 aliphatic heterocycles. The lowest BCUT2D eigenvalue weighted by Gasteiger charge is -2.12. The summed E-state index contributed by atoms with van der Waals surface area (Å²) in [5.41, 5.74) is 4.16. The third kappa shape index (κ3) is 2.68. The summed E-state index contributed by atoms with van der Waals surface area (Å²) < 4.78 is 2.37. The Morgan fingerprint density at radius 3 is 2.72 bits per heavy atom. The Balaban J connectivity index is 2.02. The van der Waals surface area contributed by atoms with Crippen molar-refractivity contribution in [3.8, 4) is 0 Å². The van der Waals surface area contributed by atoms with Gasteiger partial charge in [0.25, 0.3) is 0 Å². The van der Waals surface area contributed by atoms with Crippen molar-refractivity contribution in [3.63, 3.8) is 0 Å². The number of aryl methyl sites for hydroxylation is 1. The van der Waals surface area contributed by atoms with Gasteiger partial charge >= 0.3 is 0 Å². The topological polar surface area (TPSA) is 17.0 Å². The lowest BCUT2D eigenvalue weighted by molar-refractivity contribution is 0.579. The predicted octanol–water partition coefficient (Wildman–Crippen LogP) is 4.04. The second-order valence-corrected chi connectivity index (χ2v) is 5.74. The van der Waals surface area contributed by atoms with Gasteiger partial charge in [-0.3, -0.25) is 0 Å². The van der Waals surface area contributed by atoms with Gasteiger partial charge in [-0.25, -0.2) is 0 Å². The number of thiophene rings is 1. The molecule has 0 saturated carbocycles. The number of hydrogen-bond donors (Lipinski definition) is 1. The molecule has 0 aromatic carbocycles. The SMILES string of the molecule is CCn1c(C)cc(CN[C@H](C)c2cccs2)c1C. The van der Waals surface area contributed by atoms with E-state index >= 15 is 0 Å². The molecule has 3 heteroatoms. The number of rotatable bonds is 5. The fourth-order valence-corrected chi connectivity index (χ4v) is 3.20. The van der Waals surface area contributed by atoms with Crippen LogP contribution in [0.2, 0.25) is 0 Å². The first-order chi connectivity index (χ1) is 8.63. The van der Waals surface area contributed by atoms with Gasteiger partial charge in [0, 0.05) is 35.4 Å². The van der Waals surface area contributed by atoms with Crippen molar-refractivity contribution in [3.05, 3.63) is 45.4 Å². The van der Waals surface area contributed by atoms with E-state index in [-0.39, 0.29) is 0 Å². The minimum Gasteiger partial charge on any atom is -0.349 e. The molecule has 1 N–H and O–H groups in total. The van der Waals surface area contributed by atoms with Gasteiger partial charge in [0.15, 0.2) is 0 Å². The van der Waals surface area contributed by atoms with Crippen molar-refractivity contribution in [2.45, 2.75) is 46.8 Å². The van der Waals surface area contributed by atoms with Gasteiger partial charge in [0.2, 0.25) is 0 Å². The van der Waals surface area contributed by atoms with E-state index in [2.05, 4.69) is 61.2 Å². The molecule has 2 nitrogen and oxygen atoms in total. The van der Waals surface area contributed by atoms with E-state index in [4.69, 9.17) is 0 Å². The zero-order valence-corrected chi connectivity index (χ0v) is 12.5. The van der Waals surface area contributed by atoms with Crippen molar-refractivity contribution in [2.75, 3.05) is 0 Å². The Morgan fingerprint density at radius 1 is 1.39 bits per heavy atom. The molecule has 2 aromatic rings. The molecule has 0 bridgehead atoms. The summed E-state index contributed by atoms with van der Waals surface area (Å²) in [4.78, 5) is 1.40. The van der Waals surface area contributed by atoms with Crippen LogP contribution in [-0.4, -0.2) is 4.57 Å². The average molecular weight is 262 g/mol. The first-order valence-electron chi connectivity index (χ1n) is 6.55. The van der Waals surface area contributed by atoms with Crippen molar-refractivity contribution in [1.82, 2.24) is 9.88 Å². The molecule has 1 atom stereocenters. The summed E-state index contributed by atoms with van der Waals surface area (Å²) in [6, 6.07) is 7.03. The zero-order chi connectivity index (χ0) is 13.1. The molecule has 2 rings (SSSR count). The fourth-order valence-electron chi connectivity index (χ4n) is 2.44. The van der Waals surface area contributed by atoms with Crippen LogP contribution in [0, 0.1) is 13.8 Å². The van der Waals surface area contributed by atoms with E-state index in [9.17, 15) is 0 Å². The Morgan fingerprint density at radius 2 is 2.17 bits per heavy atom. The maximum Gasteiger partial charge on any atom is 0.0388 e. The molecular weight excluding hydrogens is 240 g/mol. The van der Waals surface area contributed by atoms with Crippen LogP contribution in [0.3, 0.4) is 0 Å². The van der Waals surface area contributed by atoms with E-state index in [0.29, 0.717) is 6.04 Å². The Bertz CT molecular complexity index is 497. The molecule has 0 radical (unpaired) electrons. The van der Waals surface area contributed by atoms with Crippen LogP contribution >= 0.6 is 11.3 Å². The minimum atomic E-state index is 0.426. The molecular formula is C15H22N2S. The van der Waals surface area contributed by atoms with Crippen LogP contribution < -0.4 is 5.32 Å². The second-order valence-electron chi connectivity index (χ2n) is 4.76. The van der Waals surface area contributed by atoms with Gasteiger partial charge in [0.1, 0.15) is 0 Å². The predicted molar refractivity (Wildman–Crippen MR) is 79.2 cm³/mol. The van der Waals surface area contributed by atoms with Crippen LogP contribution in [0.5, 0.6) is 0 Å². The molecule has 0 spiro atoms. The van der Waals surface area contributed by atoms with E-state index in [1.165, 1.54) is 21.8 Å². The van der Waals surface area contributed by atoms with Gasteiger partial charge in [-0.2, -0.15) is 0 Å². The highest BCUT2D eigenvalue weighted by Crippen LogP contribution is 2.20. The van der Waals surface area contributed by atoms with Crippen LogP contribution in [-0.2, 0) is 13.1 Å². The number of nitrogens with zero attached hydrogens (tertiary/aromatic N) is 1. The summed E-state index contributed by atoms with van der Waals surface area (Å²) >= 11 is 1.82. The normalized spacial score (nSPS) is 12.9. The maximum atomic E-state index is 3.60. The second kappa shape index (κ2) is 5.72. The molecule has 0 aliphatic rings. The Labute approximate surface area is 114 Å². The monoisotopic (exact) mass is 262 g/mol. The number of nitrogens with one attached hydrogen (secondary N) is 1. The molecule has 0 amide bonds. The minimum absolute atomic E-state index is 0.426. The molecule has 98 valence electrons. The standard InChI is InChI=1S/C15H22N2S/c1-5-17-11(2)9-14(13(17)4)10-16-12(3)15-7-6-8-18-15/h6-9,12,16H,5,10H2,1-4H3/t12-/m1/s1. The van der Waals surface area contributed by atoms with Crippen LogP contribution in [0.25, 0.3) is 0 Å². The average Bonchev–Trinajstić information content (AvgIpc) is 2.95. The van der Waals surface area contributed by atoms with E-state index in [1.54, 1.807) is 0 Å². The smallest absolute Gasteiger partial charge is 0.0388 e. The quantitative estimate of drug-likeness (QED) is 0.860. The molecule has 2 aromatic heterocycles. The van der Waals surface area contributed by atoms with Crippen LogP contribution in [0.15, 0.2) is 23.6 Å². The van der Waals surface area contributed by atoms with E-state index in [1.807, 2.05) is 11.3 Å². The van der Waals surface area contributed by atoms with Crippen LogP contribution in [0.4, 0.5) is 0 Å². The van der Waals surface area contributed by atoms with Gasteiger partial charge in [0.05, 0.1) is 0 Å². The lowest BCUT2D eigenvalue weighted by Crippen LogP contribution is -2.17. The lowest BCUT2D eigenvalue weighted by atomic mass is 10.2. The zero-order valence-electron chi connectivity index (χ0n) is 11.7. The number of aromatic nitrogens is 1.